The van der Waals surface area contributed by atoms with E-state index in [1.165, 1.54) is 33.7 Å². The molecule has 0 saturated heterocycles. The Balaban J connectivity index is 1.78. The third-order valence-corrected chi connectivity index (χ3v) is 5.30. The first-order valence-electron chi connectivity index (χ1n) is 10.1. The average molecular weight is 431 g/mol. The summed E-state index contributed by atoms with van der Waals surface area (Å²) < 4.78 is 14.9. The van der Waals surface area contributed by atoms with Crippen LogP contribution in [-0.2, 0) is 0 Å². The van der Waals surface area contributed by atoms with Crippen molar-refractivity contribution < 1.29 is 9.18 Å². The van der Waals surface area contributed by atoms with Crippen molar-refractivity contribution in [3.63, 3.8) is 0 Å². The highest BCUT2D eigenvalue weighted by Gasteiger charge is 2.24. The highest BCUT2D eigenvalue weighted by Crippen LogP contribution is 2.22. The number of benzene rings is 2. The minimum atomic E-state index is -0.594. The van der Waals surface area contributed by atoms with Crippen LogP contribution < -0.4 is 10.9 Å². The van der Waals surface area contributed by atoms with Gasteiger partial charge in [-0.15, -0.1) is 0 Å². The minimum absolute atomic E-state index is 0.283. The molecule has 0 fully saturated rings. The SMILES string of the molecule is Cc1cccc(NC(=O)N(C)C(C)c2nc3ncccc3c(=O)n2-c2ccc(F)cc2)c1. The molecule has 4 aromatic rings. The Morgan fingerprint density at radius 3 is 2.59 bits per heavy atom. The summed E-state index contributed by atoms with van der Waals surface area (Å²) in [7, 11) is 1.62. The number of aryl methyl sites for hydroxylation is 1. The van der Waals surface area contributed by atoms with E-state index in [1.54, 1.807) is 38.4 Å². The summed E-state index contributed by atoms with van der Waals surface area (Å²) in [6.45, 7) is 3.71. The Bertz CT molecular complexity index is 1350. The van der Waals surface area contributed by atoms with Crippen LogP contribution in [-0.4, -0.2) is 32.5 Å². The molecular weight excluding hydrogens is 409 g/mol. The smallest absolute Gasteiger partial charge is 0.318 e. The molecule has 0 bridgehead atoms. The number of pyridine rings is 1. The number of carbonyl (C=O) groups excluding carboxylic acids is 1. The molecule has 2 aromatic heterocycles. The first-order valence-corrected chi connectivity index (χ1v) is 10.1. The van der Waals surface area contributed by atoms with Crippen LogP contribution in [0.2, 0.25) is 0 Å². The zero-order chi connectivity index (χ0) is 22.8. The number of urea groups is 1. The van der Waals surface area contributed by atoms with Gasteiger partial charge in [0, 0.05) is 18.9 Å². The van der Waals surface area contributed by atoms with Gasteiger partial charge in [-0.1, -0.05) is 12.1 Å². The number of aromatic nitrogens is 3. The molecular formula is C24H22FN5O2. The number of hydrogen-bond acceptors (Lipinski definition) is 4. The summed E-state index contributed by atoms with van der Waals surface area (Å²) in [5, 5.41) is 3.19. The summed E-state index contributed by atoms with van der Waals surface area (Å²) in [5.74, 6) is -0.101. The van der Waals surface area contributed by atoms with E-state index in [0.29, 0.717) is 22.6 Å². The van der Waals surface area contributed by atoms with Gasteiger partial charge in [0.15, 0.2) is 5.65 Å². The summed E-state index contributed by atoms with van der Waals surface area (Å²) in [5.41, 5.74) is 2.07. The van der Waals surface area contributed by atoms with Gasteiger partial charge in [0.2, 0.25) is 0 Å². The van der Waals surface area contributed by atoms with Gasteiger partial charge in [0.25, 0.3) is 5.56 Å². The van der Waals surface area contributed by atoms with Gasteiger partial charge in [-0.3, -0.25) is 9.36 Å². The van der Waals surface area contributed by atoms with E-state index in [4.69, 9.17) is 0 Å². The van der Waals surface area contributed by atoms with Crippen LogP contribution in [0.5, 0.6) is 0 Å². The Hall–Kier alpha value is -4.07. The third kappa shape index (κ3) is 4.07. The van der Waals surface area contributed by atoms with Crippen molar-refractivity contribution in [1.82, 2.24) is 19.4 Å². The molecule has 0 spiro atoms. The summed E-state index contributed by atoms with van der Waals surface area (Å²) in [4.78, 5) is 36.5. The minimum Gasteiger partial charge on any atom is -0.318 e. The predicted molar refractivity (Wildman–Crippen MR) is 121 cm³/mol. The molecule has 2 amide bonds. The van der Waals surface area contributed by atoms with Crippen molar-refractivity contribution in [1.29, 1.82) is 0 Å². The van der Waals surface area contributed by atoms with Crippen LogP contribution in [0.4, 0.5) is 14.9 Å². The first kappa shape index (κ1) is 21.2. The highest BCUT2D eigenvalue weighted by molar-refractivity contribution is 5.89. The van der Waals surface area contributed by atoms with Crippen LogP contribution in [0, 0.1) is 12.7 Å². The van der Waals surface area contributed by atoms with Crippen LogP contribution >= 0.6 is 0 Å². The van der Waals surface area contributed by atoms with E-state index in [-0.39, 0.29) is 17.2 Å². The fourth-order valence-electron chi connectivity index (χ4n) is 3.44. The van der Waals surface area contributed by atoms with Gasteiger partial charge in [-0.2, -0.15) is 0 Å². The normalized spacial score (nSPS) is 11.9. The molecule has 0 aliphatic heterocycles. The van der Waals surface area contributed by atoms with Gasteiger partial charge in [0.05, 0.1) is 17.1 Å². The van der Waals surface area contributed by atoms with Crippen LogP contribution in [0.25, 0.3) is 16.7 Å². The van der Waals surface area contributed by atoms with E-state index in [2.05, 4.69) is 15.3 Å². The standard InChI is InChI=1S/C24H22FN5O2/c1-15-6-4-7-18(14-15)27-24(32)29(3)16(2)22-28-21-20(8-5-13-26-21)23(31)30(22)19-11-9-17(25)10-12-19/h4-14,16H,1-3H3,(H,27,32). The summed E-state index contributed by atoms with van der Waals surface area (Å²) in [6.07, 6.45) is 1.56. The molecule has 7 nitrogen and oxygen atoms in total. The van der Waals surface area contributed by atoms with Crippen molar-refractivity contribution in [2.24, 2.45) is 0 Å². The van der Waals surface area contributed by atoms with Crippen LogP contribution in [0.15, 0.2) is 71.7 Å². The molecule has 1 unspecified atom stereocenters. The van der Waals surface area contributed by atoms with E-state index in [9.17, 15) is 14.0 Å². The van der Waals surface area contributed by atoms with Gasteiger partial charge in [-0.05, 0) is 67.9 Å². The lowest BCUT2D eigenvalue weighted by Gasteiger charge is -2.27. The number of nitrogens with zero attached hydrogens (tertiary/aromatic N) is 4. The maximum absolute atomic E-state index is 13.5. The number of halogens is 1. The summed E-state index contributed by atoms with van der Waals surface area (Å²) in [6, 6.07) is 15.4. The Morgan fingerprint density at radius 2 is 1.88 bits per heavy atom. The fourth-order valence-corrected chi connectivity index (χ4v) is 3.44. The first-order chi connectivity index (χ1) is 15.3. The van der Waals surface area contributed by atoms with Crippen molar-refractivity contribution in [3.05, 3.63) is 94.4 Å². The van der Waals surface area contributed by atoms with E-state index < -0.39 is 11.9 Å². The quantitative estimate of drug-likeness (QED) is 0.518. The number of amides is 2. The molecule has 2 aromatic carbocycles. The zero-order valence-electron chi connectivity index (χ0n) is 17.9. The van der Waals surface area contributed by atoms with E-state index in [1.807, 2.05) is 25.1 Å². The van der Waals surface area contributed by atoms with Crippen molar-refractivity contribution in [2.75, 3.05) is 12.4 Å². The second kappa shape index (κ2) is 8.58. The number of carbonyl (C=O) groups is 1. The average Bonchev–Trinajstić information content (AvgIpc) is 2.79. The number of anilines is 1. The van der Waals surface area contributed by atoms with Gasteiger partial charge >= 0.3 is 6.03 Å². The lowest BCUT2D eigenvalue weighted by atomic mass is 10.2. The summed E-state index contributed by atoms with van der Waals surface area (Å²) >= 11 is 0. The molecule has 1 atom stereocenters. The van der Waals surface area contributed by atoms with Gasteiger partial charge in [0.1, 0.15) is 11.6 Å². The molecule has 0 aliphatic carbocycles. The molecule has 2 heterocycles. The number of nitrogens with one attached hydrogen (secondary N) is 1. The molecule has 32 heavy (non-hydrogen) atoms. The van der Waals surface area contributed by atoms with Crippen molar-refractivity contribution >= 4 is 22.8 Å². The number of fused-ring (bicyclic) bond motifs is 1. The Labute approximate surface area is 184 Å². The molecule has 0 radical (unpaired) electrons. The van der Waals surface area contributed by atoms with E-state index >= 15 is 0 Å². The van der Waals surface area contributed by atoms with E-state index in [0.717, 1.165) is 5.56 Å². The second-order valence-electron chi connectivity index (χ2n) is 7.55. The number of rotatable bonds is 4. The van der Waals surface area contributed by atoms with Crippen LogP contribution in [0.1, 0.15) is 24.4 Å². The van der Waals surface area contributed by atoms with Gasteiger partial charge < -0.3 is 10.2 Å². The highest BCUT2D eigenvalue weighted by atomic mass is 19.1. The fraction of sp³-hybridized carbons (Fsp3) is 0.167. The second-order valence-corrected chi connectivity index (χ2v) is 7.55. The topological polar surface area (TPSA) is 80.1 Å². The third-order valence-electron chi connectivity index (χ3n) is 5.30. The molecule has 162 valence electrons. The van der Waals surface area contributed by atoms with Gasteiger partial charge in [-0.25, -0.2) is 19.2 Å². The molecule has 1 N–H and O–H groups in total. The lowest BCUT2D eigenvalue weighted by molar-refractivity contribution is 0.205. The largest absolute Gasteiger partial charge is 0.322 e. The zero-order valence-corrected chi connectivity index (χ0v) is 17.9. The van der Waals surface area contributed by atoms with Crippen LogP contribution in [0.3, 0.4) is 0 Å². The molecule has 0 aliphatic rings. The molecule has 0 saturated carbocycles. The van der Waals surface area contributed by atoms with Crippen molar-refractivity contribution in [2.45, 2.75) is 19.9 Å². The monoisotopic (exact) mass is 431 g/mol. The predicted octanol–water partition coefficient (Wildman–Crippen LogP) is 4.45. The maximum Gasteiger partial charge on any atom is 0.322 e. The number of hydrogen-bond donors (Lipinski definition) is 1. The Kier molecular flexibility index (Phi) is 5.68. The molecule has 4 rings (SSSR count). The van der Waals surface area contributed by atoms with Crippen molar-refractivity contribution in [3.8, 4) is 5.69 Å². The maximum atomic E-state index is 13.5. The lowest BCUT2D eigenvalue weighted by Crippen LogP contribution is -2.37. The molecule has 8 heteroatoms. The Morgan fingerprint density at radius 1 is 1.12 bits per heavy atom.